The van der Waals surface area contributed by atoms with Crippen molar-refractivity contribution >= 4 is 19.7 Å². The van der Waals surface area contributed by atoms with Crippen LogP contribution >= 0.6 is 10.7 Å². The van der Waals surface area contributed by atoms with Crippen LogP contribution in [0.2, 0.25) is 0 Å². The summed E-state index contributed by atoms with van der Waals surface area (Å²) in [5.74, 6) is 0.311. The van der Waals surface area contributed by atoms with Crippen LogP contribution in [0.4, 0.5) is 0 Å². The molecule has 1 aromatic carbocycles. The summed E-state index contributed by atoms with van der Waals surface area (Å²) >= 11 is 0. The number of halogens is 1. The molecule has 0 bridgehead atoms. The van der Waals surface area contributed by atoms with Gasteiger partial charge in [-0.25, -0.2) is 8.42 Å². The summed E-state index contributed by atoms with van der Waals surface area (Å²) in [5, 5.41) is 0. The van der Waals surface area contributed by atoms with Gasteiger partial charge in [0.25, 0.3) is 9.05 Å². The number of rotatable bonds is 2. The Labute approximate surface area is 88.1 Å². The van der Waals surface area contributed by atoms with Crippen LogP contribution < -0.4 is 4.74 Å². The average Bonchev–Trinajstić information content (AvgIpc) is 2.01. The van der Waals surface area contributed by atoms with Crippen molar-refractivity contribution in [3.63, 3.8) is 0 Å². The van der Waals surface area contributed by atoms with E-state index in [4.69, 9.17) is 15.4 Å². The van der Waals surface area contributed by atoms with Crippen LogP contribution in [0.1, 0.15) is 11.1 Å². The van der Waals surface area contributed by atoms with Crippen LogP contribution in [-0.2, 0) is 9.05 Å². The Balaban J connectivity index is 3.56. The van der Waals surface area contributed by atoms with Crippen molar-refractivity contribution in [3.8, 4) is 5.75 Å². The first-order valence-corrected chi connectivity index (χ1v) is 6.27. The molecular weight excluding hydrogens is 224 g/mol. The summed E-state index contributed by atoms with van der Waals surface area (Å²) in [4.78, 5) is 0.0270. The second-order valence-electron chi connectivity index (χ2n) is 3.05. The van der Waals surface area contributed by atoms with Crippen LogP contribution in [-0.4, -0.2) is 15.5 Å². The van der Waals surface area contributed by atoms with Gasteiger partial charge in [0, 0.05) is 10.7 Å². The highest BCUT2D eigenvalue weighted by Gasteiger charge is 2.18. The van der Waals surface area contributed by atoms with E-state index in [2.05, 4.69) is 0 Å². The minimum absolute atomic E-state index is 0.0270. The van der Waals surface area contributed by atoms with Gasteiger partial charge in [-0.2, -0.15) is 0 Å². The largest absolute Gasteiger partial charge is 0.495 e. The zero-order chi connectivity index (χ0) is 10.9. The molecule has 0 unspecified atom stereocenters. The summed E-state index contributed by atoms with van der Waals surface area (Å²) in [7, 11) is 2.96. The van der Waals surface area contributed by atoms with Gasteiger partial charge >= 0.3 is 0 Å². The number of benzene rings is 1. The summed E-state index contributed by atoms with van der Waals surface area (Å²) in [5.41, 5.74) is 1.59. The summed E-state index contributed by atoms with van der Waals surface area (Å²) < 4.78 is 27.4. The molecule has 0 atom stereocenters. The third-order valence-corrected chi connectivity index (χ3v) is 3.18. The van der Waals surface area contributed by atoms with Gasteiger partial charge in [-0.05, 0) is 31.0 Å². The second kappa shape index (κ2) is 3.79. The van der Waals surface area contributed by atoms with Gasteiger partial charge in [0.1, 0.15) is 10.6 Å². The fourth-order valence-corrected chi connectivity index (χ4v) is 2.49. The molecule has 78 valence electrons. The molecule has 0 fully saturated rings. The van der Waals surface area contributed by atoms with Crippen LogP contribution in [0.3, 0.4) is 0 Å². The topological polar surface area (TPSA) is 43.4 Å². The van der Waals surface area contributed by atoms with E-state index in [9.17, 15) is 8.42 Å². The first-order valence-electron chi connectivity index (χ1n) is 3.96. The van der Waals surface area contributed by atoms with E-state index in [-0.39, 0.29) is 4.90 Å². The molecule has 0 aliphatic rings. The molecule has 0 saturated carbocycles. The fraction of sp³-hybridized carbons (Fsp3) is 0.333. The predicted octanol–water partition coefficient (Wildman–Crippen LogP) is 2.24. The van der Waals surface area contributed by atoms with Gasteiger partial charge in [-0.3, -0.25) is 0 Å². The Kier molecular flexibility index (Phi) is 3.07. The lowest BCUT2D eigenvalue weighted by Crippen LogP contribution is -1.99. The number of hydrogen-bond acceptors (Lipinski definition) is 3. The van der Waals surface area contributed by atoms with Crippen molar-refractivity contribution in [2.45, 2.75) is 18.7 Å². The number of aryl methyl sites for hydroxylation is 2. The van der Waals surface area contributed by atoms with Gasteiger partial charge < -0.3 is 4.74 Å². The molecule has 5 heteroatoms. The smallest absolute Gasteiger partial charge is 0.265 e. The Hall–Kier alpha value is -0.740. The molecule has 1 aromatic rings. The predicted molar refractivity (Wildman–Crippen MR) is 55.5 cm³/mol. The maximum absolute atomic E-state index is 11.2. The SMILES string of the molecule is COc1c(C)cc(C)cc1S(=O)(=O)Cl. The number of methoxy groups -OCH3 is 1. The average molecular weight is 235 g/mol. The Bertz CT molecular complexity index is 451. The molecule has 3 nitrogen and oxygen atoms in total. The molecule has 0 spiro atoms. The van der Waals surface area contributed by atoms with E-state index < -0.39 is 9.05 Å². The van der Waals surface area contributed by atoms with Crippen molar-refractivity contribution in [3.05, 3.63) is 23.3 Å². The van der Waals surface area contributed by atoms with E-state index in [1.165, 1.54) is 13.2 Å². The van der Waals surface area contributed by atoms with Crippen LogP contribution in [0, 0.1) is 13.8 Å². The molecule has 0 amide bonds. The monoisotopic (exact) mass is 234 g/mol. The Morgan fingerprint density at radius 3 is 2.29 bits per heavy atom. The molecule has 0 radical (unpaired) electrons. The quantitative estimate of drug-likeness (QED) is 0.738. The molecular formula is C9H11ClO3S. The summed E-state index contributed by atoms with van der Waals surface area (Å²) in [6.45, 7) is 3.58. The maximum Gasteiger partial charge on any atom is 0.265 e. The van der Waals surface area contributed by atoms with Crippen molar-refractivity contribution in [1.82, 2.24) is 0 Å². The van der Waals surface area contributed by atoms with Crippen LogP contribution in [0.15, 0.2) is 17.0 Å². The Morgan fingerprint density at radius 2 is 1.86 bits per heavy atom. The van der Waals surface area contributed by atoms with Crippen molar-refractivity contribution in [2.24, 2.45) is 0 Å². The van der Waals surface area contributed by atoms with E-state index in [0.717, 1.165) is 11.1 Å². The van der Waals surface area contributed by atoms with E-state index in [1.807, 2.05) is 6.07 Å². The highest BCUT2D eigenvalue weighted by molar-refractivity contribution is 8.13. The molecule has 0 heterocycles. The van der Waals surface area contributed by atoms with E-state index in [1.54, 1.807) is 13.8 Å². The highest BCUT2D eigenvalue weighted by Crippen LogP contribution is 2.31. The molecule has 0 aliphatic heterocycles. The standard InChI is InChI=1S/C9H11ClO3S/c1-6-4-7(2)9(13-3)8(5-6)14(10,11)12/h4-5H,1-3H3. The van der Waals surface area contributed by atoms with Gasteiger partial charge in [-0.1, -0.05) is 6.07 Å². The van der Waals surface area contributed by atoms with Crippen molar-refractivity contribution < 1.29 is 13.2 Å². The molecule has 0 saturated heterocycles. The van der Waals surface area contributed by atoms with Crippen LogP contribution in [0.5, 0.6) is 5.75 Å². The number of ether oxygens (including phenoxy) is 1. The number of hydrogen-bond donors (Lipinski definition) is 0. The van der Waals surface area contributed by atoms with Gasteiger partial charge in [-0.15, -0.1) is 0 Å². The molecule has 0 N–H and O–H groups in total. The van der Waals surface area contributed by atoms with Gasteiger partial charge in [0.05, 0.1) is 7.11 Å². The van der Waals surface area contributed by atoms with Gasteiger partial charge in [0.2, 0.25) is 0 Å². The first-order chi connectivity index (χ1) is 6.36. The summed E-state index contributed by atoms with van der Waals surface area (Å²) in [6, 6.07) is 3.33. The zero-order valence-electron chi connectivity index (χ0n) is 8.17. The van der Waals surface area contributed by atoms with Crippen molar-refractivity contribution in [1.29, 1.82) is 0 Å². The van der Waals surface area contributed by atoms with Crippen molar-refractivity contribution in [2.75, 3.05) is 7.11 Å². The first kappa shape index (κ1) is 11.3. The molecule has 14 heavy (non-hydrogen) atoms. The van der Waals surface area contributed by atoms with Crippen LogP contribution in [0.25, 0.3) is 0 Å². The normalized spacial score (nSPS) is 11.4. The minimum atomic E-state index is -3.74. The second-order valence-corrected chi connectivity index (χ2v) is 5.59. The maximum atomic E-state index is 11.2. The minimum Gasteiger partial charge on any atom is -0.495 e. The molecule has 0 aliphatic carbocycles. The summed E-state index contributed by atoms with van der Waals surface area (Å²) in [6.07, 6.45) is 0. The molecule has 1 rings (SSSR count). The Morgan fingerprint density at radius 1 is 1.29 bits per heavy atom. The van der Waals surface area contributed by atoms with Gasteiger partial charge in [0.15, 0.2) is 0 Å². The van der Waals surface area contributed by atoms with E-state index in [0.29, 0.717) is 5.75 Å². The highest BCUT2D eigenvalue weighted by atomic mass is 35.7. The third kappa shape index (κ3) is 2.19. The lowest BCUT2D eigenvalue weighted by Gasteiger charge is -2.09. The fourth-order valence-electron chi connectivity index (χ4n) is 1.36. The third-order valence-electron chi connectivity index (χ3n) is 1.85. The van der Waals surface area contributed by atoms with E-state index >= 15 is 0 Å². The lowest BCUT2D eigenvalue weighted by molar-refractivity contribution is 0.400. The lowest BCUT2D eigenvalue weighted by atomic mass is 10.1. The zero-order valence-corrected chi connectivity index (χ0v) is 9.74. The molecule has 0 aromatic heterocycles.